The third-order valence-corrected chi connectivity index (χ3v) is 5.52. The predicted octanol–water partition coefficient (Wildman–Crippen LogP) is 3.31. The minimum atomic E-state index is -5.83. The van der Waals surface area contributed by atoms with Crippen molar-refractivity contribution >= 4 is 16.0 Å². The molecule has 190 valence electrons. The highest BCUT2D eigenvalue weighted by molar-refractivity contribution is 7.85. The summed E-state index contributed by atoms with van der Waals surface area (Å²) in [6, 6.07) is 2.67. The van der Waals surface area contributed by atoms with Gasteiger partial charge in [-0.25, -0.2) is 9.97 Å². The topological polar surface area (TPSA) is 151 Å². The summed E-state index contributed by atoms with van der Waals surface area (Å²) in [5.74, 6) is -1.77. The maximum absolute atomic E-state index is 13.7. The molecule has 17 heteroatoms. The number of carbonyl (C=O) groups is 1. The molecule has 2 heterocycles. The normalized spacial score (nSPS) is 13.2. The number of hydrogen-bond donors (Lipinski definition) is 2. The van der Waals surface area contributed by atoms with Crippen molar-refractivity contribution in [2.45, 2.75) is 30.2 Å². The SMILES string of the molecule is CC(NC(=O)c1cc(C(F)(F)F)cc(S(=O)(=O)O)c1C(F)(F)F)c1ncnn1-c1ccc(C#N)cn1. The van der Waals surface area contributed by atoms with E-state index in [-0.39, 0.29) is 23.3 Å². The lowest BCUT2D eigenvalue weighted by Gasteiger charge is -2.20. The molecule has 1 aromatic carbocycles. The Labute approximate surface area is 198 Å². The summed E-state index contributed by atoms with van der Waals surface area (Å²) in [6.45, 7) is 1.21. The lowest BCUT2D eigenvalue weighted by Crippen LogP contribution is -2.32. The Hall–Kier alpha value is -4.04. The molecule has 10 nitrogen and oxygen atoms in total. The second kappa shape index (κ2) is 9.20. The number of alkyl halides is 6. The molecule has 0 aliphatic heterocycles. The first-order valence-electron chi connectivity index (χ1n) is 9.41. The van der Waals surface area contributed by atoms with Gasteiger partial charge in [0, 0.05) is 6.20 Å². The van der Waals surface area contributed by atoms with Crippen LogP contribution in [0.1, 0.15) is 45.8 Å². The molecule has 0 aliphatic carbocycles. The van der Waals surface area contributed by atoms with E-state index < -0.39 is 62.1 Å². The largest absolute Gasteiger partial charge is 0.418 e. The second-order valence-electron chi connectivity index (χ2n) is 7.11. The number of benzene rings is 1. The van der Waals surface area contributed by atoms with E-state index >= 15 is 0 Å². The van der Waals surface area contributed by atoms with Crippen LogP contribution in [-0.2, 0) is 22.5 Å². The van der Waals surface area contributed by atoms with Crippen LogP contribution in [0.15, 0.2) is 41.7 Å². The summed E-state index contributed by atoms with van der Waals surface area (Å²) in [7, 11) is -5.83. The van der Waals surface area contributed by atoms with Crippen LogP contribution in [0.25, 0.3) is 5.82 Å². The van der Waals surface area contributed by atoms with E-state index in [9.17, 15) is 44.1 Å². The van der Waals surface area contributed by atoms with Crippen molar-refractivity contribution in [3.05, 3.63) is 64.9 Å². The first-order chi connectivity index (χ1) is 16.5. The van der Waals surface area contributed by atoms with Crippen LogP contribution in [0, 0.1) is 11.3 Å². The van der Waals surface area contributed by atoms with Crippen LogP contribution in [0.5, 0.6) is 0 Å². The number of pyridine rings is 1. The Balaban J connectivity index is 2.09. The van der Waals surface area contributed by atoms with E-state index in [1.165, 1.54) is 25.3 Å². The fourth-order valence-corrected chi connectivity index (χ4v) is 3.85. The van der Waals surface area contributed by atoms with E-state index in [0.29, 0.717) is 0 Å². The van der Waals surface area contributed by atoms with Crippen molar-refractivity contribution in [3.63, 3.8) is 0 Å². The lowest BCUT2D eigenvalue weighted by atomic mass is 10.0. The van der Waals surface area contributed by atoms with Gasteiger partial charge >= 0.3 is 12.4 Å². The molecule has 2 aromatic heterocycles. The maximum atomic E-state index is 13.7. The van der Waals surface area contributed by atoms with Gasteiger partial charge in [-0.05, 0) is 31.2 Å². The number of carbonyl (C=O) groups excluding carboxylic acids is 1. The highest BCUT2D eigenvalue weighted by Crippen LogP contribution is 2.41. The summed E-state index contributed by atoms with van der Waals surface area (Å²) in [4.78, 5) is 18.4. The van der Waals surface area contributed by atoms with Crippen molar-refractivity contribution in [3.8, 4) is 11.9 Å². The monoisotopic (exact) mass is 534 g/mol. The van der Waals surface area contributed by atoms with Crippen molar-refractivity contribution in [1.82, 2.24) is 25.1 Å². The molecular weight excluding hydrogens is 522 g/mol. The van der Waals surface area contributed by atoms with Gasteiger partial charge in [0.25, 0.3) is 16.0 Å². The number of halogens is 6. The fourth-order valence-electron chi connectivity index (χ4n) is 3.09. The summed E-state index contributed by atoms with van der Waals surface area (Å²) in [6.07, 6.45) is -8.82. The summed E-state index contributed by atoms with van der Waals surface area (Å²) in [5.41, 5.74) is -5.69. The Morgan fingerprint density at radius 2 is 1.81 bits per heavy atom. The molecule has 1 atom stereocenters. The number of nitrogens with zero attached hydrogens (tertiary/aromatic N) is 5. The zero-order valence-electron chi connectivity index (χ0n) is 17.6. The maximum Gasteiger partial charge on any atom is 0.418 e. The Bertz CT molecular complexity index is 1460. The van der Waals surface area contributed by atoms with Gasteiger partial charge in [0.15, 0.2) is 11.6 Å². The van der Waals surface area contributed by atoms with Crippen LogP contribution in [0.4, 0.5) is 26.3 Å². The zero-order valence-corrected chi connectivity index (χ0v) is 18.4. The Morgan fingerprint density at radius 3 is 2.31 bits per heavy atom. The van der Waals surface area contributed by atoms with Gasteiger partial charge < -0.3 is 5.32 Å². The number of nitrogens with one attached hydrogen (secondary N) is 1. The van der Waals surface area contributed by atoms with Crippen LogP contribution < -0.4 is 5.32 Å². The van der Waals surface area contributed by atoms with E-state index in [0.717, 1.165) is 11.0 Å². The predicted molar refractivity (Wildman–Crippen MR) is 106 cm³/mol. The summed E-state index contributed by atoms with van der Waals surface area (Å²) in [5, 5.41) is 14.7. The third kappa shape index (κ3) is 5.44. The van der Waals surface area contributed by atoms with Gasteiger partial charge in [0.05, 0.1) is 28.3 Å². The molecule has 1 unspecified atom stereocenters. The van der Waals surface area contributed by atoms with E-state index in [1.54, 1.807) is 0 Å². The molecule has 2 N–H and O–H groups in total. The molecule has 3 rings (SSSR count). The molecule has 0 spiro atoms. The van der Waals surface area contributed by atoms with E-state index in [4.69, 9.17) is 5.26 Å². The van der Waals surface area contributed by atoms with Crippen molar-refractivity contribution < 1.29 is 44.1 Å². The lowest BCUT2D eigenvalue weighted by molar-refractivity contribution is -0.143. The third-order valence-electron chi connectivity index (χ3n) is 4.64. The van der Waals surface area contributed by atoms with E-state index in [2.05, 4.69) is 15.1 Å². The van der Waals surface area contributed by atoms with E-state index in [1.807, 2.05) is 11.4 Å². The highest BCUT2D eigenvalue weighted by Gasteiger charge is 2.44. The molecule has 0 aliphatic rings. The average molecular weight is 534 g/mol. The first kappa shape index (κ1) is 26.6. The van der Waals surface area contributed by atoms with Gasteiger partial charge in [0.1, 0.15) is 17.3 Å². The number of rotatable bonds is 5. The molecule has 3 aromatic rings. The Kier molecular flexibility index (Phi) is 6.79. The standard InChI is InChI=1S/C19H12F6N6O4S/c1-9(16-28-8-29-31(16)14-3-2-10(6-26)7-27-14)30-17(32)12-4-11(18(20,21)22)5-13(36(33,34)35)15(12)19(23,24)25/h2-5,7-9H,1H3,(H,30,32)(H,33,34,35). The van der Waals surface area contributed by atoms with Crippen LogP contribution in [0.3, 0.4) is 0 Å². The van der Waals surface area contributed by atoms with Gasteiger partial charge in [0.2, 0.25) is 0 Å². The molecular formula is C19H12F6N6O4S. The molecule has 36 heavy (non-hydrogen) atoms. The second-order valence-corrected chi connectivity index (χ2v) is 8.50. The number of aromatic nitrogens is 4. The summed E-state index contributed by atoms with van der Waals surface area (Å²) >= 11 is 0. The highest BCUT2D eigenvalue weighted by atomic mass is 32.2. The minimum Gasteiger partial charge on any atom is -0.342 e. The van der Waals surface area contributed by atoms with Crippen molar-refractivity contribution in [2.75, 3.05) is 0 Å². The van der Waals surface area contributed by atoms with Crippen LogP contribution >= 0.6 is 0 Å². The van der Waals surface area contributed by atoms with Gasteiger partial charge in [-0.2, -0.15) is 49.8 Å². The number of hydrogen-bond acceptors (Lipinski definition) is 7. The quantitative estimate of drug-likeness (QED) is 0.374. The molecule has 0 fully saturated rings. The van der Waals surface area contributed by atoms with Crippen molar-refractivity contribution in [2.24, 2.45) is 0 Å². The molecule has 0 saturated carbocycles. The Morgan fingerprint density at radius 1 is 1.14 bits per heavy atom. The van der Waals surface area contributed by atoms with Gasteiger partial charge in [-0.3, -0.25) is 9.35 Å². The fraction of sp³-hybridized carbons (Fsp3) is 0.211. The molecule has 1 amide bonds. The van der Waals surface area contributed by atoms with Gasteiger partial charge in [-0.15, -0.1) is 0 Å². The van der Waals surface area contributed by atoms with Gasteiger partial charge in [-0.1, -0.05) is 0 Å². The minimum absolute atomic E-state index is 0.0892. The molecule has 0 saturated heterocycles. The first-order valence-corrected chi connectivity index (χ1v) is 10.8. The molecule has 0 radical (unpaired) electrons. The van der Waals surface area contributed by atoms with Crippen LogP contribution in [0.2, 0.25) is 0 Å². The zero-order chi connectivity index (χ0) is 27.1. The number of nitriles is 1. The molecule has 0 bridgehead atoms. The average Bonchev–Trinajstić information content (AvgIpc) is 3.26. The smallest absolute Gasteiger partial charge is 0.342 e. The number of amides is 1. The summed E-state index contributed by atoms with van der Waals surface area (Å²) < 4.78 is 114. The van der Waals surface area contributed by atoms with Crippen LogP contribution in [-0.4, -0.2) is 38.6 Å². The van der Waals surface area contributed by atoms with Crippen molar-refractivity contribution in [1.29, 1.82) is 5.26 Å².